The first-order valence-corrected chi connectivity index (χ1v) is 3.89. The molecule has 0 saturated heterocycles. The molecule has 0 atom stereocenters. The molecule has 0 aromatic carbocycles. The van der Waals surface area contributed by atoms with Gasteiger partial charge in [0.05, 0.1) is 5.71 Å². The number of hydrogen-bond donors (Lipinski definition) is 0. The van der Waals surface area contributed by atoms with Gasteiger partial charge in [0.15, 0.2) is 0 Å². The molecule has 0 heterocycles. The van der Waals surface area contributed by atoms with Gasteiger partial charge in [0, 0.05) is 13.5 Å². The highest BCUT2D eigenvalue weighted by Crippen LogP contribution is 2.13. The lowest BCUT2D eigenvalue weighted by Gasteiger charge is -2.06. The lowest BCUT2D eigenvalue weighted by molar-refractivity contribution is 0.1000. The molecule has 0 aliphatic carbocycles. The van der Waals surface area contributed by atoms with Crippen LogP contribution >= 0.6 is 0 Å². The average Bonchev–Trinajstić information content (AvgIpc) is 1.96. The van der Waals surface area contributed by atoms with Crippen molar-refractivity contribution in [2.45, 2.75) is 33.1 Å². The van der Waals surface area contributed by atoms with Gasteiger partial charge in [-0.15, -0.1) is 0 Å². The Morgan fingerprint density at radius 3 is 2.50 bits per heavy atom. The van der Waals surface area contributed by atoms with Gasteiger partial charge in [0.25, 0.3) is 5.92 Å². The molecule has 0 fully saturated rings. The monoisotopic (exact) mass is 176 g/mol. The molecule has 0 aromatic rings. The van der Waals surface area contributed by atoms with Gasteiger partial charge < -0.3 is 0 Å². The maximum absolute atomic E-state index is 12.4. The van der Waals surface area contributed by atoms with Crippen LogP contribution in [0, 0.1) is 0 Å². The normalized spacial score (nSPS) is 14.2. The minimum Gasteiger partial charge on any atom is -0.274 e. The Hall–Kier alpha value is -0.800. The molecule has 0 aromatic heterocycles. The van der Waals surface area contributed by atoms with E-state index in [2.05, 4.69) is 9.98 Å². The van der Waals surface area contributed by atoms with Crippen LogP contribution in [-0.2, 0) is 0 Å². The predicted molar refractivity (Wildman–Crippen MR) is 47.4 cm³/mol. The largest absolute Gasteiger partial charge is 0.283 e. The number of hydrogen-bond acceptors (Lipinski definition) is 1. The fraction of sp³-hybridized carbons (Fsp3) is 0.750. The van der Waals surface area contributed by atoms with E-state index >= 15 is 0 Å². The van der Waals surface area contributed by atoms with Gasteiger partial charge in [-0.2, -0.15) is 0 Å². The Kier molecular flexibility index (Phi) is 4.62. The summed E-state index contributed by atoms with van der Waals surface area (Å²) >= 11 is 0. The smallest absolute Gasteiger partial charge is 0.274 e. The quantitative estimate of drug-likeness (QED) is 0.464. The summed E-state index contributed by atoms with van der Waals surface area (Å²) in [6.07, 6.45) is 2.09. The van der Waals surface area contributed by atoms with E-state index < -0.39 is 5.92 Å². The third-order valence-electron chi connectivity index (χ3n) is 1.32. The Bertz CT molecular complexity index is 180. The molecule has 2 nitrogen and oxygen atoms in total. The molecule has 4 heteroatoms. The summed E-state index contributed by atoms with van der Waals surface area (Å²) in [5, 5.41) is 0. The van der Waals surface area contributed by atoms with Crippen molar-refractivity contribution in [1.29, 1.82) is 0 Å². The van der Waals surface area contributed by atoms with E-state index in [0.29, 0.717) is 6.54 Å². The molecule has 0 aliphatic heterocycles. The summed E-state index contributed by atoms with van der Waals surface area (Å²) in [4.78, 5) is 7.31. The lowest BCUT2D eigenvalue weighted by atomic mass is 10.2. The fourth-order valence-corrected chi connectivity index (χ4v) is 0.428. The number of halogens is 2. The number of nitrogens with zero attached hydrogens (tertiary/aromatic N) is 2. The number of alkyl halides is 2. The minimum absolute atomic E-state index is 0.206. The molecule has 70 valence electrons. The Morgan fingerprint density at radius 1 is 1.50 bits per heavy atom. The first-order valence-electron chi connectivity index (χ1n) is 3.89. The molecular weight excluding hydrogens is 162 g/mol. The standard InChI is InChI=1S/C8H14F2N2/c1-4-5-11-6-12-7(2)8(3,9)10/h6H,4-5H2,1-3H3/b11-6-,12-7+. The third kappa shape index (κ3) is 4.93. The van der Waals surface area contributed by atoms with E-state index in [9.17, 15) is 8.78 Å². The van der Waals surface area contributed by atoms with E-state index in [0.717, 1.165) is 13.3 Å². The van der Waals surface area contributed by atoms with Crippen LogP contribution in [-0.4, -0.2) is 24.5 Å². The van der Waals surface area contributed by atoms with Crippen LogP contribution in [0.2, 0.25) is 0 Å². The molecule has 0 N–H and O–H groups in total. The van der Waals surface area contributed by atoms with Crippen molar-refractivity contribution in [1.82, 2.24) is 0 Å². The van der Waals surface area contributed by atoms with Crippen LogP contribution in [0.4, 0.5) is 8.78 Å². The minimum atomic E-state index is -2.84. The molecule has 0 rings (SSSR count). The second-order valence-corrected chi connectivity index (χ2v) is 2.62. The van der Waals surface area contributed by atoms with E-state index in [4.69, 9.17) is 0 Å². The van der Waals surface area contributed by atoms with Gasteiger partial charge >= 0.3 is 0 Å². The van der Waals surface area contributed by atoms with Crippen LogP contribution < -0.4 is 0 Å². The fourth-order valence-electron chi connectivity index (χ4n) is 0.428. The molecule has 0 spiro atoms. The Morgan fingerprint density at radius 2 is 2.08 bits per heavy atom. The second-order valence-electron chi connectivity index (χ2n) is 2.62. The first-order chi connectivity index (χ1) is 5.48. The molecule has 12 heavy (non-hydrogen) atoms. The van der Waals surface area contributed by atoms with E-state index in [1.165, 1.54) is 13.3 Å². The number of rotatable bonds is 4. The predicted octanol–water partition coefficient (Wildman–Crippen LogP) is 2.54. The third-order valence-corrected chi connectivity index (χ3v) is 1.32. The van der Waals surface area contributed by atoms with Crippen LogP contribution in [0.5, 0.6) is 0 Å². The number of aliphatic imine (C=N–C) groups is 2. The van der Waals surface area contributed by atoms with Crippen LogP contribution in [0.25, 0.3) is 0 Å². The summed E-state index contributed by atoms with van der Waals surface area (Å²) in [6.45, 7) is 4.70. The van der Waals surface area contributed by atoms with Crippen molar-refractivity contribution < 1.29 is 8.78 Å². The van der Waals surface area contributed by atoms with Crippen molar-refractivity contribution in [3.05, 3.63) is 0 Å². The maximum atomic E-state index is 12.4. The molecule has 0 radical (unpaired) electrons. The van der Waals surface area contributed by atoms with Crippen molar-refractivity contribution in [2.75, 3.05) is 6.54 Å². The van der Waals surface area contributed by atoms with Crippen molar-refractivity contribution >= 4 is 12.1 Å². The maximum Gasteiger partial charge on any atom is 0.283 e. The van der Waals surface area contributed by atoms with Gasteiger partial charge in [-0.1, -0.05) is 6.92 Å². The van der Waals surface area contributed by atoms with Gasteiger partial charge in [-0.05, 0) is 13.3 Å². The summed E-state index contributed by atoms with van der Waals surface area (Å²) in [7, 11) is 0. The van der Waals surface area contributed by atoms with Gasteiger partial charge in [-0.25, -0.2) is 13.8 Å². The van der Waals surface area contributed by atoms with Gasteiger partial charge in [0.1, 0.15) is 6.34 Å². The highest BCUT2D eigenvalue weighted by molar-refractivity contribution is 5.93. The van der Waals surface area contributed by atoms with Crippen LogP contribution in [0.3, 0.4) is 0 Å². The van der Waals surface area contributed by atoms with Crippen LogP contribution in [0.1, 0.15) is 27.2 Å². The topological polar surface area (TPSA) is 24.7 Å². The van der Waals surface area contributed by atoms with Crippen molar-refractivity contribution in [3.8, 4) is 0 Å². The average molecular weight is 176 g/mol. The SMILES string of the molecule is CCC/N=C\N=C(/C)C(C)(F)F. The van der Waals surface area contributed by atoms with E-state index in [-0.39, 0.29) is 5.71 Å². The molecule has 0 saturated carbocycles. The van der Waals surface area contributed by atoms with Crippen LogP contribution in [0.15, 0.2) is 9.98 Å². The second kappa shape index (κ2) is 4.95. The summed E-state index contributed by atoms with van der Waals surface area (Å²) in [6, 6.07) is 0. The Labute approximate surface area is 71.4 Å². The summed E-state index contributed by atoms with van der Waals surface area (Å²) in [5.41, 5.74) is -0.206. The molecule has 0 unspecified atom stereocenters. The van der Waals surface area contributed by atoms with E-state index in [1.54, 1.807) is 0 Å². The molecular formula is C8H14F2N2. The Balaban J connectivity index is 4.01. The summed E-state index contributed by atoms with van der Waals surface area (Å²) < 4.78 is 24.9. The summed E-state index contributed by atoms with van der Waals surface area (Å²) in [5.74, 6) is -2.84. The zero-order valence-corrected chi connectivity index (χ0v) is 7.64. The van der Waals surface area contributed by atoms with E-state index in [1.807, 2.05) is 6.92 Å². The highest BCUT2D eigenvalue weighted by Gasteiger charge is 2.24. The molecule has 0 bridgehead atoms. The highest BCUT2D eigenvalue weighted by atomic mass is 19.3. The zero-order chi connectivity index (χ0) is 9.61. The zero-order valence-electron chi connectivity index (χ0n) is 7.64. The van der Waals surface area contributed by atoms with Gasteiger partial charge in [0.2, 0.25) is 0 Å². The van der Waals surface area contributed by atoms with Gasteiger partial charge in [-0.3, -0.25) is 4.99 Å². The first kappa shape index (κ1) is 11.2. The molecule has 0 aliphatic rings. The molecule has 0 amide bonds. The van der Waals surface area contributed by atoms with Crippen molar-refractivity contribution in [3.63, 3.8) is 0 Å². The van der Waals surface area contributed by atoms with Crippen molar-refractivity contribution in [2.24, 2.45) is 9.98 Å². The lowest BCUT2D eigenvalue weighted by Crippen LogP contribution is -2.21.